The fourth-order valence-electron chi connectivity index (χ4n) is 4.02. The second kappa shape index (κ2) is 7.40. The van der Waals surface area contributed by atoms with E-state index in [4.69, 9.17) is 4.52 Å². The molecular weight excluding hydrogens is 328 g/mol. The molecule has 26 heavy (non-hydrogen) atoms. The molecule has 1 aliphatic heterocycles. The highest BCUT2D eigenvalue weighted by Gasteiger charge is 2.31. The Morgan fingerprint density at radius 1 is 1.31 bits per heavy atom. The van der Waals surface area contributed by atoms with Crippen LogP contribution in [0.2, 0.25) is 0 Å². The van der Waals surface area contributed by atoms with E-state index in [0.29, 0.717) is 11.7 Å². The fourth-order valence-corrected chi connectivity index (χ4v) is 4.02. The summed E-state index contributed by atoms with van der Waals surface area (Å²) in [5.74, 6) is 1.33. The van der Waals surface area contributed by atoms with Gasteiger partial charge in [-0.05, 0) is 39.0 Å². The van der Waals surface area contributed by atoms with E-state index >= 15 is 0 Å². The molecule has 0 bridgehead atoms. The van der Waals surface area contributed by atoms with Crippen molar-refractivity contribution in [3.05, 3.63) is 42.1 Å². The Bertz CT molecular complexity index is 814. The predicted octanol–water partition coefficient (Wildman–Crippen LogP) is 3.50. The topological polar surface area (TPSA) is 72.1 Å². The number of carbonyl (C=O) groups is 1. The zero-order chi connectivity index (χ0) is 17.9. The van der Waals surface area contributed by atoms with Gasteiger partial charge in [0.25, 0.3) is 0 Å². The molecule has 2 atom stereocenters. The SMILES string of the molecule is Cc1cc(-c2cncnc2[C@@H]2CCCN(C(=O)[C@@H]3CC=CCC3)C2)on1. The van der Waals surface area contributed by atoms with Crippen LogP contribution in [-0.4, -0.2) is 39.0 Å². The maximum Gasteiger partial charge on any atom is 0.226 e. The minimum atomic E-state index is 0.139. The van der Waals surface area contributed by atoms with E-state index in [1.807, 2.05) is 17.9 Å². The molecule has 1 saturated heterocycles. The molecule has 1 fully saturated rings. The van der Waals surface area contributed by atoms with Crippen LogP contribution < -0.4 is 0 Å². The normalized spacial score (nSPS) is 23.2. The quantitative estimate of drug-likeness (QED) is 0.791. The molecule has 0 N–H and O–H groups in total. The molecule has 2 aromatic heterocycles. The highest BCUT2D eigenvalue weighted by molar-refractivity contribution is 5.79. The Morgan fingerprint density at radius 2 is 2.23 bits per heavy atom. The van der Waals surface area contributed by atoms with Crippen LogP contribution in [0.5, 0.6) is 0 Å². The Morgan fingerprint density at radius 3 is 3.00 bits per heavy atom. The van der Waals surface area contributed by atoms with Crippen LogP contribution in [0.4, 0.5) is 0 Å². The third-order valence-electron chi connectivity index (χ3n) is 5.37. The number of amides is 1. The number of rotatable bonds is 3. The summed E-state index contributed by atoms with van der Waals surface area (Å²) in [5, 5.41) is 3.98. The van der Waals surface area contributed by atoms with Gasteiger partial charge in [0.05, 0.1) is 17.0 Å². The second-order valence-electron chi connectivity index (χ2n) is 7.26. The van der Waals surface area contributed by atoms with Crippen LogP contribution >= 0.6 is 0 Å². The number of piperidine rings is 1. The molecule has 1 amide bonds. The maximum absolute atomic E-state index is 12.9. The zero-order valence-electron chi connectivity index (χ0n) is 15.1. The molecule has 3 heterocycles. The Balaban J connectivity index is 1.55. The summed E-state index contributed by atoms with van der Waals surface area (Å²) in [5.41, 5.74) is 2.67. The lowest BCUT2D eigenvalue weighted by Gasteiger charge is -2.35. The van der Waals surface area contributed by atoms with Crippen molar-refractivity contribution >= 4 is 5.91 Å². The Labute approximate surface area is 153 Å². The summed E-state index contributed by atoms with van der Waals surface area (Å²) in [4.78, 5) is 23.7. The van der Waals surface area contributed by atoms with E-state index in [-0.39, 0.29) is 11.8 Å². The van der Waals surface area contributed by atoms with Crippen LogP contribution in [0.25, 0.3) is 11.3 Å². The number of hydrogen-bond acceptors (Lipinski definition) is 5. The van der Waals surface area contributed by atoms with Crippen molar-refractivity contribution in [2.75, 3.05) is 13.1 Å². The van der Waals surface area contributed by atoms with Crippen LogP contribution in [0, 0.1) is 12.8 Å². The van der Waals surface area contributed by atoms with E-state index in [1.165, 1.54) is 0 Å². The van der Waals surface area contributed by atoms with Crippen molar-refractivity contribution in [3.8, 4) is 11.3 Å². The van der Waals surface area contributed by atoms with Crippen molar-refractivity contribution < 1.29 is 9.32 Å². The van der Waals surface area contributed by atoms with Crippen molar-refractivity contribution in [1.82, 2.24) is 20.0 Å². The predicted molar refractivity (Wildman–Crippen MR) is 97.3 cm³/mol. The molecule has 6 nitrogen and oxygen atoms in total. The van der Waals surface area contributed by atoms with Gasteiger partial charge in [0.1, 0.15) is 6.33 Å². The molecule has 4 rings (SSSR count). The van der Waals surface area contributed by atoms with Gasteiger partial charge in [0.15, 0.2) is 5.76 Å². The highest BCUT2D eigenvalue weighted by Crippen LogP contribution is 2.34. The number of likely N-dealkylation sites (tertiary alicyclic amines) is 1. The van der Waals surface area contributed by atoms with E-state index in [1.54, 1.807) is 12.5 Å². The van der Waals surface area contributed by atoms with Gasteiger partial charge in [-0.1, -0.05) is 17.3 Å². The summed E-state index contributed by atoms with van der Waals surface area (Å²) in [6.45, 7) is 3.46. The third-order valence-corrected chi connectivity index (χ3v) is 5.37. The van der Waals surface area contributed by atoms with E-state index in [0.717, 1.165) is 62.1 Å². The molecule has 136 valence electrons. The smallest absolute Gasteiger partial charge is 0.226 e. The maximum atomic E-state index is 12.9. The van der Waals surface area contributed by atoms with Gasteiger partial charge in [0.2, 0.25) is 5.91 Å². The molecule has 0 radical (unpaired) electrons. The van der Waals surface area contributed by atoms with E-state index in [9.17, 15) is 4.79 Å². The van der Waals surface area contributed by atoms with E-state index in [2.05, 4.69) is 27.3 Å². The number of aryl methyl sites for hydroxylation is 1. The average molecular weight is 352 g/mol. The Kier molecular flexibility index (Phi) is 4.82. The first kappa shape index (κ1) is 16.9. The molecular formula is C20H24N4O2. The van der Waals surface area contributed by atoms with Gasteiger partial charge in [-0.25, -0.2) is 9.97 Å². The first-order valence-electron chi connectivity index (χ1n) is 9.39. The first-order valence-corrected chi connectivity index (χ1v) is 9.39. The lowest BCUT2D eigenvalue weighted by molar-refractivity contribution is -0.137. The van der Waals surface area contributed by atoms with Crippen molar-refractivity contribution in [3.63, 3.8) is 0 Å². The summed E-state index contributed by atoms with van der Waals surface area (Å²) in [7, 11) is 0. The molecule has 0 spiro atoms. The molecule has 2 aromatic rings. The lowest BCUT2D eigenvalue weighted by Crippen LogP contribution is -2.42. The molecule has 0 aromatic carbocycles. The largest absolute Gasteiger partial charge is 0.356 e. The minimum Gasteiger partial charge on any atom is -0.356 e. The summed E-state index contributed by atoms with van der Waals surface area (Å²) in [6.07, 6.45) is 12.5. The van der Waals surface area contributed by atoms with Crippen LogP contribution in [-0.2, 0) is 4.79 Å². The first-order chi connectivity index (χ1) is 12.7. The Hall–Kier alpha value is -2.50. The van der Waals surface area contributed by atoms with Gasteiger partial charge in [0, 0.05) is 37.2 Å². The van der Waals surface area contributed by atoms with Crippen molar-refractivity contribution in [2.45, 2.75) is 44.9 Å². The van der Waals surface area contributed by atoms with Gasteiger partial charge >= 0.3 is 0 Å². The molecule has 2 aliphatic rings. The standard InChI is InChI=1S/C20H24N4O2/c1-14-10-18(26-23-14)17-11-21-13-22-19(17)16-8-5-9-24(12-16)20(25)15-6-3-2-4-7-15/h2-3,10-11,13,15-16H,4-9,12H2,1H3/t15-,16-/m1/s1. The average Bonchev–Trinajstić information content (AvgIpc) is 3.14. The van der Waals surface area contributed by atoms with Crippen molar-refractivity contribution in [2.24, 2.45) is 5.92 Å². The summed E-state index contributed by atoms with van der Waals surface area (Å²) < 4.78 is 5.43. The lowest BCUT2D eigenvalue weighted by atomic mass is 9.88. The molecule has 0 saturated carbocycles. The monoisotopic (exact) mass is 352 g/mol. The van der Waals surface area contributed by atoms with Crippen LogP contribution in [0.3, 0.4) is 0 Å². The fraction of sp³-hybridized carbons (Fsp3) is 0.500. The zero-order valence-corrected chi connectivity index (χ0v) is 15.1. The van der Waals surface area contributed by atoms with Crippen LogP contribution in [0.1, 0.15) is 49.4 Å². The number of allylic oxidation sites excluding steroid dienone is 2. The molecule has 6 heteroatoms. The number of nitrogens with zero attached hydrogens (tertiary/aromatic N) is 4. The highest BCUT2D eigenvalue weighted by atomic mass is 16.5. The van der Waals surface area contributed by atoms with Gasteiger partial charge in [-0.3, -0.25) is 4.79 Å². The van der Waals surface area contributed by atoms with E-state index < -0.39 is 0 Å². The van der Waals surface area contributed by atoms with Gasteiger partial charge in [-0.2, -0.15) is 0 Å². The third kappa shape index (κ3) is 3.41. The second-order valence-corrected chi connectivity index (χ2v) is 7.26. The van der Waals surface area contributed by atoms with Gasteiger partial charge in [-0.15, -0.1) is 0 Å². The minimum absolute atomic E-state index is 0.139. The number of hydrogen-bond donors (Lipinski definition) is 0. The number of carbonyl (C=O) groups excluding carboxylic acids is 1. The molecule has 1 aliphatic carbocycles. The van der Waals surface area contributed by atoms with Crippen molar-refractivity contribution in [1.29, 1.82) is 0 Å². The molecule has 0 unspecified atom stereocenters. The summed E-state index contributed by atoms with van der Waals surface area (Å²) in [6, 6.07) is 1.91. The van der Waals surface area contributed by atoms with Gasteiger partial charge < -0.3 is 9.42 Å². The number of aromatic nitrogens is 3. The summed E-state index contributed by atoms with van der Waals surface area (Å²) >= 11 is 0. The van der Waals surface area contributed by atoms with Crippen LogP contribution in [0.15, 0.2) is 35.3 Å².